The summed E-state index contributed by atoms with van der Waals surface area (Å²) in [6, 6.07) is 21.1. The van der Waals surface area contributed by atoms with Crippen molar-refractivity contribution in [1.82, 2.24) is 4.90 Å². The number of hydrogen-bond donors (Lipinski definition) is 1. The van der Waals surface area contributed by atoms with E-state index >= 15 is 0 Å². The molecule has 0 spiro atoms. The fourth-order valence-electron chi connectivity index (χ4n) is 2.77. The monoisotopic (exact) mass is 268 g/mol. The van der Waals surface area contributed by atoms with Crippen molar-refractivity contribution in [2.24, 2.45) is 5.73 Å². The Morgan fingerprint density at radius 1 is 0.800 bits per heavy atom. The molecular formula is C18H24N2. The van der Waals surface area contributed by atoms with Gasteiger partial charge in [0.15, 0.2) is 0 Å². The summed E-state index contributed by atoms with van der Waals surface area (Å²) in [5, 5.41) is 0. The first-order valence-electron chi connectivity index (χ1n) is 7.37. The van der Waals surface area contributed by atoms with Crippen LogP contribution in [0.25, 0.3) is 0 Å². The summed E-state index contributed by atoms with van der Waals surface area (Å²) in [7, 11) is 0. The predicted octanol–water partition coefficient (Wildman–Crippen LogP) is 3.77. The minimum absolute atomic E-state index is 0.0153. The van der Waals surface area contributed by atoms with E-state index in [1.54, 1.807) is 0 Å². The van der Waals surface area contributed by atoms with Crippen molar-refractivity contribution < 1.29 is 0 Å². The Balaban J connectivity index is 2.36. The number of nitrogens with two attached hydrogens (primary N) is 1. The molecule has 106 valence electrons. The predicted molar refractivity (Wildman–Crippen MR) is 85.5 cm³/mol. The highest BCUT2D eigenvalue weighted by Gasteiger charge is 2.25. The van der Waals surface area contributed by atoms with Gasteiger partial charge in [-0.3, -0.25) is 4.90 Å². The number of likely N-dealkylation sites (N-methyl/N-ethyl adjacent to an activating group) is 1. The molecule has 2 rings (SSSR count). The molecule has 0 aliphatic rings. The lowest BCUT2D eigenvalue weighted by Gasteiger charge is -2.34. The van der Waals surface area contributed by atoms with Crippen molar-refractivity contribution in [2.45, 2.75) is 25.9 Å². The fraction of sp³-hybridized carbons (Fsp3) is 0.333. The van der Waals surface area contributed by atoms with E-state index in [1.807, 2.05) is 6.07 Å². The lowest BCUT2D eigenvalue weighted by atomic mass is 9.92. The number of benzene rings is 2. The lowest BCUT2D eigenvalue weighted by Crippen LogP contribution is -2.36. The molecule has 0 aliphatic carbocycles. The van der Waals surface area contributed by atoms with Gasteiger partial charge in [-0.1, -0.05) is 74.5 Å². The third-order valence-electron chi connectivity index (χ3n) is 3.87. The van der Waals surface area contributed by atoms with Crippen LogP contribution in [0.4, 0.5) is 0 Å². The van der Waals surface area contributed by atoms with E-state index in [0.29, 0.717) is 0 Å². The highest BCUT2D eigenvalue weighted by atomic mass is 15.2. The standard InChI is InChI=1S/C18H24N2/c1-3-20(4-2)18(16-13-9-6-10-14-16)17(19)15-11-7-5-8-12-15/h5-14,17-18H,3-4,19H2,1-2H3. The first kappa shape index (κ1) is 14.8. The average Bonchev–Trinajstić information content (AvgIpc) is 2.53. The smallest absolute Gasteiger partial charge is 0.0541 e. The number of nitrogens with zero attached hydrogens (tertiary/aromatic N) is 1. The Morgan fingerprint density at radius 3 is 1.70 bits per heavy atom. The summed E-state index contributed by atoms with van der Waals surface area (Å²) in [4.78, 5) is 2.42. The van der Waals surface area contributed by atoms with Crippen molar-refractivity contribution in [3.63, 3.8) is 0 Å². The summed E-state index contributed by atoms with van der Waals surface area (Å²) in [5.74, 6) is 0. The lowest BCUT2D eigenvalue weighted by molar-refractivity contribution is 0.190. The van der Waals surface area contributed by atoms with Gasteiger partial charge in [0.05, 0.1) is 6.04 Å². The zero-order valence-electron chi connectivity index (χ0n) is 12.4. The van der Waals surface area contributed by atoms with Gasteiger partial charge >= 0.3 is 0 Å². The van der Waals surface area contributed by atoms with Gasteiger partial charge in [0.2, 0.25) is 0 Å². The average molecular weight is 268 g/mol. The summed E-state index contributed by atoms with van der Waals surface area (Å²) in [6.45, 7) is 6.38. The van der Waals surface area contributed by atoms with E-state index in [2.05, 4.69) is 73.3 Å². The Hall–Kier alpha value is -1.64. The molecule has 0 bridgehead atoms. The van der Waals surface area contributed by atoms with Gasteiger partial charge in [-0.2, -0.15) is 0 Å². The van der Waals surface area contributed by atoms with E-state index in [0.717, 1.165) is 13.1 Å². The zero-order chi connectivity index (χ0) is 14.4. The Kier molecular flexibility index (Phi) is 5.33. The molecular weight excluding hydrogens is 244 g/mol. The van der Waals surface area contributed by atoms with E-state index in [1.165, 1.54) is 11.1 Å². The minimum atomic E-state index is -0.0153. The molecule has 2 heteroatoms. The highest BCUT2D eigenvalue weighted by molar-refractivity contribution is 5.27. The maximum atomic E-state index is 6.58. The number of hydrogen-bond acceptors (Lipinski definition) is 2. The molecule has 20 heavy (non-hydrogen) atoms. The first-order valence-corrected chi connectivity index (χ1v) is 7.37. The first-order chi connectivity index (χ1) is 9.77. The van der Waals surface area contributed by atoms with E-state index in [4.69, 9.17) is 5.73 Å². The molecule has 0 fully saturated rings. The maximum Gasteiger partial charge on any atom is 0.0541 e. The molecule has 0 saturated heterocycles. The normalized spacial score (nSPS) is 14.2. The van der Waals surface area contributed by atoms with Crippen LogP contribution < -0.4 is 5.73 Å². The second-order valence-electron chi connectivity index (χ2n) is 5.01. The third-order valence-corrected chi connectivity index (χ3v) is 3.87. The van der Waals surface area contributed by atoms with E-state index in [-0.39, 0.29) is 12.1 Å². The second-order valence-corrected chi connectivity index (χ2v) is 5.01. The molecule has 2 nitrogen and oxygen atoms in total. The van der Waals surface area contributed by atoms with Gasteiger partial charge in [-0.05, 0) is 24.2 Å². The van der Waals surface area contributed by atoms with Gasteiger partial charge in [-0.25, -0.2) is 0 Å². The fourth-order valence-corrected chi connectivity index (χ4v) is 2.77. The topological polar surface area (TPSA) is 29.3 Å². The van der Waals surface area contributed by atoms with Gasteiger partial charge in [-0.15, -0.1) is 0 Å². The summed E-state index contributed by atoms with van der Waals surface area (Å²) < 4.78 is 0. The SMILES string of the molecule is CCN(CC)C(c1ccccc1)C(N)c1ccccc1. The van der Waals surface area contributed by atoms with E-state index in [9.17, 15) is 0 Å². The van der Waals surface area contributed by atoms with Gasteiger partial charge in [0, 0.05) is 6.04 Å². The third kappa shape index (κ3) is 3.27. The molecule has 2 unspecified atom stereocenters. The van der Waals surface area contributed by atoms with Crippen LogP contribution in [0.2, 0.25) is 0 Å². The molecule has 2 N–H and O–H groups in total. The molecule has 0 heterocycles. The van der Waals surface area contributed by atoms with Crippen LogP contribution in [0.3, 0.4) is 0 Å². The Labute approximate surface area is 122 Å². The Morgan fingerprint density at radius 2 is 1.25 bits per heavy atom. The molecule has 2 atom stereocenters. The minimum Gasteiger partial charge on any atom is -0.322 e. The van der Waals surface area contributed by atoms with Crippen LogP contribution in [0.5, 0.6) is 0 Å². The van der Waals surface area contributed by atoms with Crippen molar-refractivity contribution in [1.29, 1.82) is 0 Å². The van der Waals surface area contributed by atoms with Crippen LogP contribution >= 0.6 is 0 Å². The summed E-state index contributed by atoms with van der Waals surface area (Å²) in [5.41, 5.74) is 9.05. The molecule has 2 aromatic rings. The quantitative estimate of drug-likeness (QED) is 0.864. The molecule has 0 amide bonds. The van der Waals surface area contributed by atoms with Crippen LogP contribution in [0.15, 0.2) is 60.7 Å². The van der Waals surface area contributed by atoms with Crippen LogP contribution in [-0.4, -0.2) is 18.0 Å². The summed E-state index contributed by atoms with van der Waals surface area (Å²) >= 11 is 0. The van der Waals surface area contributed by atoms with Crippen LogP contribution in [-0.2, 0) is 0 Å². The molecule has 0 radical (unpaired) electrons. The van der Waals surface area contributed by atoms with Crippen LogP contribution in [0.1, 0.15) is 37.1 Å². The molecule has 0 aliphatic heterocycles. The second kappa shape index (κ2) is 7.22. The maximum absolute atomic E-state index is 6.58. The zero-order valence-corrected chi connectivity index (χ0v) is 12.4. The number of rotatable bonds is 6. The Bertz CT molecular complexity index is 491. The van der Waals surface area contributed by atoms with Gasteiger partial charge in [0.25, 0.3) is 0 Å². The van der Waals surface area contributed by atoms with E-state index < -0.39 is 0 Å². The summed E-state index contributed by atoms with van der Waals surface area (Å²) in [6.07, 6.45) is 0. The van der Waals surface area contributed by atoms with Crippen molar-refractivity contribution in [3.05, 3.63) is 71.8 Å². The molecule has 0 saturated carbocycles. The van der Waals surface area contributed by atoms with Gasteiger partial charge < -0.3 is 5.73 Å². The molecule has 0 aromatic heterocycles. The van der Waals surface area contributed by atoms with Crippen molar-refractivity contribution in [2.75, 3.05) is 13.1 Å². The van der Waals surface area contributed by atoms with Crippen molar-refractivity contribution in [3.8, 4) is 0 Å². The van der Waals surface area contributed by atoms with Gasteiger partial charge in [0.1, 0.15) is 0 Å². The van der Waals surface area contributed by atoms with Crippen molar-refractivity contribution >= 4 is 0 Å². The highest BCUT2D eigenvalue weighted by Crippen LogP contribution is 2.32. The largest absolute Gasteiger partial charge is 0.322 e. The van der Waals surface area contributed by atoms with Crippen LogP contribution in [0, 0.1) is 0 Å². The molecule has 2 aromatic carbocycles.